The fourth-order valence-electron chi connectivity index (χ4n) is 4.10. The van der Waals surface area contributed by atoms with Gasteiger partial charge in [-0.3, -0.25) is 23.5 Å². The van der Waals surface area contributed by atoms with E-state index in [0.29, 0.717) is 0 Å². The van der Waals surface area contributed by atoms with Crippen LogP contribution in [0.3, 0.4) is 0 Å². The number of carbonyl (C=O) groups is 2. The molecule has 14 nitrogen and oxygen atoms in total. The normalized spacial score (nSPS) is 25.3. The number of fused-ring (bicyclic) bond motifs is 1. The molecule has 2 aliphatic rings. The molecule has 4 rings (SSSR count). The number of primary amides is 1. The van der Waals surface area contributed by atoms with Crippen molar-refractivity contribution in [3.63, 3.8) is 0 Å². The molecular weight excluding hydrogens is 523 g/mol. The monoisotopic (exact) mass is 552 g/mol. The van der Waals surface area contributed by atoms with Crippen LogP contribution < -0.4 is 20.9 Å². The van der Waals surface area contributed by atoms with E-state index in [1.807, 2.05) is 0 Å². The minimum absolute atomic E-state index is 0.0497. The zero-order valence-electron chi connectivity index (χ0n) is 21.0. The number of methoxy groups -OCH3 is 1. The van der Waals surface area contributed by atoms with Gasteiger partial charge in [-0.15, -0.1) is 0 Å². The number of para-hydroxylation sites is 1. The molecule has 3 N–H and O–H groups in total. The molecule has 0 spiro atoms. The molecule has 0 bridgehead atoms. The summed E-state index contributed by atoms with van der Waals surface area (Å²) < 4.78 is 48.8. The molecule has 2 fully saturated rings. The van der Waals surface area contributed by atoms with Gasteiger partial charge in [-0.25, -0.2) is 14.6 Å². The summed E-state index contributed by atoms with van der Waals surface area (Å²) in [5.41, 5.74) is 4.05. The van der Waals surface area contributed by atoms with E-state index in [0.717, 1.165) is 4.57 Å². The molecule has 0 saturated carbocycles. The van der Waals surface area contributed by atoms with Crippen LogP contribution in [0, 0.1) is 0 Å². The lowest BCUT2D eigenvalue weighted by Crippen LogP contribution is -2.37. The van der Waals surface area contributed by atoms with Crippen molar-refractivity contribution in [3.05, 3.63) is 58.8 Å². The molecule has 2 aromatic rings. The standard InChI is InChI=1S/C23H29N4O10P/c1-23(2)35-18-15(34-22(19(18)36-23)27-12-11-25-17(20(24)29)21(27)30)13-33-38(31,26-10-9-16(28)32-3)37-14-7-5-4-6-8-14/h4-8,11-12,15,18-19,22H,9-10,13H2,1-3H3,(H2,24,29)(H,26,31)/t15-,18-,19-,22-,38?/m1/s1. The molecule has 5 atom stereocenters. The number of aromatic nitrogens is 2. The van der Waals surface area contributed by atoms with Gasteiger partial charge in [0.25, 0.3) is 11.5 Å². The summed E-state index contributed by atoms with van der Waals surface area (Å²) in [6.07, 6.45) is -0.880. The molecular formula is C23H29N4O10P. The SMILES string of the molecule is COC(=O)CCNP(=O)(OC[C@H]1O[C@@H](n2ccnc(C(N)=O)c2=O)[C@@H]2OC(C)(C)O[C@@H]21)Oc1ccccc1. The van der Waals surface area contributed by atoms with Crippen LogP contribution in [0.4, 0.5) is 0 Å². The molecule has 2 aliphatic heterocycles. The zero-order chi connectivity index (χ0) is 27.5. The molecule has 1 aromatic heterocycles. The van der Waals surface area contributed by atoms with Gasteiger partial charge in [0.15, 0.2) is 17.7 Å². The van der Waals surface area contributed by atoms with Crippen LogP contribution in [0.25, 0.3) is 0 Å². The summed E-state index contributed by atoms with van der Waals surface area (Å²) in [5, 5.41) is 2.65. The van der Waals surface area contributed by atoms with E-state index in [2.05, 4.69) is 14.8 Å². The highest BCUT2D eigenvalue weighted by molar-refractivity contribution is 7.52. The van der Waals surface area contributed by atoms with E-state index < -0.39 is 61.2 Å². The van der Waals surface area contributed by atoms with Crippen LogP contribution in [-0.4, -0.2) is 65.8 Å². The van der Waals surface area contributed by atoms with Gasteiger partial charge in [0.1, 0.15) is 24.1 Å². The lowest BCUT2D eigenvalue weighted by Gasteiger charge is -2.26. The van der Waals surface area contributed by atoms with Gasteiger partial charge >= 0.3 is 13.7 Å². The van der Waals surface area contributed by atoms with Gasteiger partial charge < -0.3 is 29.2 Å². The van der Waals surface area contributed by atoms with E-state index in [4.69, 9.17) is 29.0 Å². The van der Waals surface area contributed by atoms with Gasteiger partial charge in [-0.2, -0.15) is 0 Å². The molecule has 1 amide bonds. The van der Waals surface area contributed by atoms with Crippen molar-refractivity contribution < 1.29 is 42.1 Å². The summed E-state index contributed by atoms with van der Waals surface area (Å²) >= 11 is 0. The van der Waals surface area contributed by atoms with Crippen LogP contribution >= 0.6 is 7.75 Å². The second-order valence-corrected chi connectivity index (χ2v) is 10.7. The number of esters is 1. The van der Waals surface area contributed by atoms with Crippen molar-refractivity contribution >= 4 is 19.6 Å². The fraction of sp³-hybridized carbons (Fsp3) is 0.478. The summed E-state index contributed by atoms with van der Waals surface area (Å²) in [7, 11) is -2.78. The van der Waals surface area contributed by atoms with Crippen molar-refractivity contribution in [1.82, 2.24) is 14.6 Å². The zero-order valence-corrected chi connectivity index (χ0v) is 21.9. The van der Waals surface area contributed by atoms with E-state index >= 15 is 0 Å². The third kappa shape index (κ3) is 6.29. The highest BCUT2D eigenvalue weighted by Gasteiger charge is 2.56. The number of carbonyl (C=O) groups excluding carboxylic acids is 2. The van der Waals surface area contributed by atoms with E-state index in [1.54, 1.807) is 44.2 Å². The second-order valence-electron chi connectivity index (χ2n) is 8.91. The van der Waals surface area contributed by atoms with Crippen LogP contribution in [0.15, 0.2) is 47.5 Å². The minimum Gasteiger partial charge on any atom is -0.469 e. The highest BCUT2D eigenvalue weighted by Crippen LogP contribution is 2.47. The smallest absolute Gasteiger partial charge is 0.458 e. The van der Waals surface area contributed by atoms with Crippen molar-refractivity contribution in [1.29, 1.82) is 0 Å². The molecule has 0 radical (unpaired) electrons. The summed E-state index contributed by atoms with van der Waals surface area (Å²) in [5.74, 6) is -2.25. The number of nitrogens with zero attached hydrogens (tertiary/aromatic N) is 2. The van der Waals surface area contributed by atoms with E-state index in [9.17, 15) is 18.9 Å². The maximum absolute atomic E-state index is 13.6. The second kappa shape index (κ2) is 11.3. The van der Waals surface area contributed by atoms with Gasteiger partial charge in [-0.1, -0.05) is 18.2 Å². The lowest BCUT2D eigenvalue weighted by atomic mass is 10.1. The number of amides is 1. The number of nitrogens with two attached hydrogens (primary N) is 1. The first-order valence-electron chi connectivity index (χ1n) is 11.7. The van der Waals surface area contributed by atoms with Crippen molar-refractivity contribution in [3.8, 4) is 5.75 Å². The maximum Gasteiger partial charge on any atom is 0.458 e. The molecule has 38 heavy (non-hydrogen) atoms. The predicted octanol–water partition coefficient (Wildman–Crippen LogP) is 1.12. The highest BCUT2D eigenvalue weighted by atomic mass is 31.2. The quantitative estimate of drug-likeness (QED) is 0.300. The third-order valence-electron chi connectivity index (χ3n) is 5.74. The maximum atomic E-state index is 13.6. The fourth-order valence-corrected chi connectivity index (χ4v) is 5.44. The van der Waals surface area contributed by atoms with Gasteiger partial charge in [0.2, 0.25) is 0 Å². The Hall–Kier alpha value is -3.13. The Kier molecular flexibility index (Phi) is 8.31. The first-order chi connectivity index (χ1) is 18.0. The number of hydrogen-bond acceptors (Lipinski definition) is 11. The Labute approximate surface area is 217 Å². The first-order valence-corrected chi connectivity index (χ1v) is 13.3. The van der Waals surface area contributed by atoms with Crippen molar-refractivity contribution in [2.75, 3.05) is 20.3 Å². The van der Waals surface area contributed by atoms with Crippen LogP contribution in [-0.2, 0) is 32.8 Å². The van der Waals surface area contributed by atoms with Crippen molar-refractivity contribution in [2.24, 2.45) is 5.73 Å². The van der Waals surface area contributed by atoms with Gasteiger partial charge in [0, 0.05) is 18.9 Å². The molecule has 15 heteroatoms. The van der Waals surface area contributed by atoms with Gasteiger partial charge in [-0.05, 0) is 26.0 Å². The minimum atomic E-state index is -4.02. The Bertz CT molecular complexity index is 1270. The molecule has 1 unspecified atom stereocenters. The molecule has 3 heterocycles. The third-order valence-corrected chi connectivity index (χ3v) is 7.29. The number of benzene rings is 1. The summed E-state index contributed by atoms with van der Waals surface area (Å²) in [6.45, 7) is 3.05. The number of rotatable bonds is 11. The molecule has 1 aromatic carbocycles. The lowest BCUT2D eigenvalue weighted by molar-refractivity contribution is -0.199. The number of ether oxygens (including phenoxy) is 4. The van der Waals surface area contributed by atoms with Crippen LogP contribution in [0.1, 0.15) is 37.0 Å². The molecule has 2 saturated heterocycles. The Morgan fingerprint density at radius 3 is 2.61 bits per heavy atom. The van der Waals surface area contributed by atoms with E-state index in [1.165, 1.54) is 19.5 Å². The topological polar surface area (TPSA) is 180 Å². The average molecular weight is 552 g/mol. The first kappa shape index (κ1) is 27.9. The predicted molar refractivity (Wildman–Crippen MR) is 130 cm³/mol. The van der Waals surface area contributed by atoms with E-state index in [-0.39, 0.29) is 25.3 Å². The van der Waals surface area contributed by atoms with Crippen molar-refractivity contribution in [2.45, 2.75) is 50.6 Å². The largest absolute Gasteiger partial charge is 0.469 e. The molecule has 0 aliphatic carbocycles. The average Bonchev–Trinajstić information content (AvgIpc) is 3.36. The van der Waals surface area contributed by atoms with Crippen LogP contribution in [0.2, 0.25) is 0 Å². The molecule has 206 valence electrons. The Morgan fingerprint density at radius 2 is 1.92 bits per heavy atom. The van der Waals surface area contributed by atoms with Gasteiger partial charge in [0.05, 0.1) is 20.1 Å². The number of nitrogens with one attached hydrogen (secondary N) is 1. The number of hydrogen-bond donors (Lipinski definition) is 2. The Balaban J connectivity index is 1.55. The summed E-state index contributed by atoms with van der Waals surface area (Å²) in [4.78, 5) is 39.8. The summed E-state index contributed by atoms with van der Waals surface area (Å²) in [6, 6.07) is 8.35. The Morgan fingerprint density at radius 1 is 1.21 bits per heavy atom. The van der Waals surface area contributed by atoms with Crippen LogP contribution in [0.5, 0.6) is 5.75 Å².